The third-order valence-electron chi connectivity index (χ3n) is 13.4. The van der Waals surface area contributed by atoms with E-state index in [-0.39, 0.29) is 37.5 Å². The fourth-order valence-corrected chi connectivity index (χ4v) is 10.3. The van der Waals surface area contributed by atoms with Gasteiger partial charge < -0.3 is 39.4 Å². The van der Waals surface area contributed by atoms with E-state index in [1.54, 1.807) is 42.9 Å². The molecular weight excluding hydrogens is 819 g/mol. The summed E-state index contributed by atoms with van der Waals surface area (Å²) in [6.07, 6.45) is 9.99. The Labute approximate surface area is 377 Å². The van der Waals surface area contributed by atoms with E-state index in [2.05, 4.69) is 19.2 Å². The first-order chi connectivity index (χ1) is 30.7. The number of para-hydroxylation sites is 1. The maximum absolute atomic E-state index is 15.6. The van der Waals surface area contributed by atoms with Crippen LogP contribution in [0.3, 0.4) is 0 Å². The Morgan fingerprint density at radius 3 is 2.36 bits per heavy atom. The lowest BCUT2D eigenvalue weighted by Crippen LogP contribution is -2.70. The minimum atomic E-state index is -1.45. The number of carbonyl (C=O) groups excluding carboxylic acids is 4. The second-order valence-electron chi connectivity index (χ2n) is 19.4. The van der Waals surface area contributed by atoms with E-state index in [9.17, 15) is 24.6 Å². The smallest absolute Gasteiger partial charge is 0.327 e. The number of amides is 2. The summed E-state index contributed by atoms with van der Waals surface area (Å²) in [5.41, 5.74) is 0.518. The number of esters is 2. The van der Waals surface area contributed by atoms with Crippen LogP contribution in [0.15, 0.2) is 54.6 Å². The van der Waals surface area contributed by atoms with E-state index in [0.29, 0.717) is 38.6 Å². The number of nitrogens with zero attached hydrogens (tertiary/aromatic N) is 2. The molecule has 7 rings (SSSR count). The van der Waals surface area contributed by atoms with Gasteiger partial charge in [-0.3, -0.25) is 24.0 Å². The fraction of sp³-hybridized carbons (Fsp3) is 0.640. The van der Waals surface area contributed by atoms with E-state index in [1.165, 1.54) is 0 Å². The molecule has 8 atom stereocenters. The van der Waals surface area contributed by atoms with Crippen LogP contribution in [0.1, 0.15) is 135 Å². The number of aromatic hydroxyl groups is 1. The van der Waals surface area contributed by atoms with E-state index in [0.717, 1.165) is 55.2 Å². The molecule has 3 N–H and O–H groups in total. The number of unbranched alkanes of at least 4 members (excludes halogenated alkanes) is 4. The van der Waals surface area contributed by atoms with Crippen molar-refractivity contribution in [3.05, 3.63) is 71.3 Å². The summed E-state index contributed by atoms with van der Waals surface area (Å²) in [6.45, 7) is 9.72. The lowest BCUT2D eigenvalue weighted by atomic mass is 9.62. The van der Waals surface area contributed by atoms with Crippen molar-refractivity contribution in [1.29, 1.82) is 0 Å². The lowest BCUT2D eigenvalue weighted by molar-refractivity contribution is -0.225. The number of carbonyl (C=O) groups is 4. The van der Waals surface area contributed by atoms with Crippen LogP contribution in [0.2, 0.25) is 0 Å². The molecule has 4 aliphatic heterocycles. The molecule has 0 unspecified atom stereocenters. The van der Waals surface area contributed by atoms with Crippen LogP contribution in [0, 0.1) is 5.41 Å². The summed E-state index contributed by atoms with van der Waals surface area (Å²) in [5.74, 6) is -2.46. The van der Waals surface area contributed by atoms with Gasteiger partial charge in [-0.25, -0.2) is 0 Å². The zero-order valence-corrected chi connectivity index (χ0v) is 38.3. The summed E-state index contributed by atoms with van der Waals surface area (Å²) in [7, 11) is 0. The zero-order valence-electron chi connectivity index (χ0n) is 38.3. The van der Waals surface area contributed by atoms with Gasteiger partial charge in [-0.05, 0) is 82.1 Å². The molecule has 14 nitrogen and oxygen atoms in total. The minimum Gasteiger partial charge on any atom is -0.508 e. The van der Waals surface area contributed by atoms with Crippen LogP contribution >= 0.6 is 0 Å². The van der Waals surface area contributed by atoms with Crippen LogP contribution < -0.4 is 5.32 Å². The average molecular weight is 888 g/mol. The van der Waals surface area contributed by atoms with Crippen molar-refractivity contribution < 1.29 is 53.2 Å². The molecule has 2 bridgehead atoms. The molecule has 4 saturated heterocycles. The van der Waals surface area contributed by atoms with Crippen LogP contribution in [0.25, 0.3) is 6.08 Å². The summed E-state index contributed by atoms with van der Waals surface area (Å²) in [6, 6.07) is 12.4. The number of phenolic OH excluding ortho intramolecular Hbond substituents is 1. The van der Waals surface area contributed by atoms with Gasteiger partial charge in [0.25, 0.3) is 0 Å². The molecule has 2 aromatic carbocycles. The highest BCUT2D eigenvalue weighted by Crippen LogP contribution is 2.59. The zero-order chi connectivity index (χ0) is 45.6. The highest BCUT2D eigenvalue weighted by Gasteiger charge is 2.77. The standard InChI is InChI=1S/C50H69N3O11/c1-6-8-12-27-49(28-13-9-7-2)62-41-39-30-50(47(59)52-29-15-19-37(52)45(57)51-36(32-54)25-26-40(56)61-48(3,4)5)43(46(58)60-39)53(64-44(50)42(41)63-49)31-34-23-21-33(22-24-34)16-14-18-35-17-10-11-20-38(35)55/h10-11,14,16-17,20-24,36-37,39,41-44,54-55H,6-9,12-13,15,18-19,25-32H2,1-5H3,(H,51,57)/t36-,37+,39+,41-,42-,43-,44+,50-/m0/s1. The maximum atomic E-state index is 15.6. The second-order valence-corrected chi connectivity index (χ2v) is 19.4. The van der Waals surface area contributed by atoms with Gasteiger partial charge in [0.15, 0.2) is 11.8 Å². The molecule has 5 fully saturated rings. The van der Waals surface area contributed by atoms with Gasteiger partial charge in [0.05, 0.1) is 19.2 Å². The summed E-state index contributed by atoms with van der Waals surface area (Å²) in [5, 5.41) is 24.9. The number of aliphatic hydroxyl groups excluding tert-OH is 1. The average Bonchev–Trinajstić information content (AvgIpc) is 3.99. The summed E-state index contributed by atoms with van der Waals surface area (Å²) < 4.78 is 25.7. The first kappa shape index (κ1) is 47.6. The Hall–Kier alpha value is -4.34. The highest BCUT2D eigenvalue weighted by molar-refractivity contribution is 5.96. The number of rotatable bonds is 20. The Morgan fingerprint density at radius 2 is 1.69 bits per heavy atom. The molecule has 14 heteroatoms. The molecule has 0 aromatic heterocycles. The Morgan fingerprint density at radius 1 is 0.984 bits per heavy atom. The molecule has 0 spiro atoms. The predicted molar refractivity (Wildman–Crippen MR) is 238 cm³/mol. The van der Waals surface area contributed by atoms with Gasteiger partial charge >= 0.3 is 11.9 Å². The number of hydroxylamine groups is 2. The molecule has 5 aliphatic rings. The number of fused-ring (bicyclic) bond motifs is 4. The van der Waals surface area contributed by atoms with Gasteiger partial charge in [-0.2, -0.15) is 5.06 Å². The number of hydrogen-bond acceptors (Lipinski definition) is 12. The fourth-order valence-electron chi connectivity index (χ4n) is 10.3. The quantitative estimate of drug-likeness (QED) is 0.0953. The second kappa shape index (κ2) is 20.4. The van der Waals surface area contributed by atoms with Crippen LogP contribution in [-0.2, 0) is 55.9 Å². The van der Waals surface area contributed by atoms with Gasteiger partial charge in [-0.15, -0.1) is 0 Å². The summed E-state index contributed by atoms with van der Waals surface area (Å²) in [4.78, 5) is 65.1. The van der Waals surface area contributed by atoms with Gasteiger partial charge in [0, 0.05) is 32.2 Å². The van der Waals surface area contributed by atoms with Crippen molar-refractivity contribution in [2.24, 2.45) is 5.41 Å². The number of ether oxygens (including phenoxy) is 4. The number of benzene rings is 2. The van der Waals surface area contributed by atoms with E-state index in [4.69, 9.17) is 23.8 Å². The van der Waals surface area contributed by atoms with Crippen LogP contribution in [0.4, 0.5) is 0 Å². The van der Waals surface area contributed by atoms with Crippen LogP contribution in [-0.4, -0.2) is 111 Å². The third kappa shape index (κ3) is 10.4. The first-order valence-electron chi connectivity index (χ1n) is 23.7. The van der Waals surface area contributed by atoms with Crippen LogP contribution in [0.5, 0.6) is 5.75 Å². The topological polar surface area (TPSA) is 173 Å². The van der Waals surface area contributed by atoms with E-state index in [1.807, 2.05) is 48.6 Å². The molecule has 1 saturated carbocycles. The van der Waals surface area contributed by atoms with Crippen molar-refractivity contribution in [2.75, 3.05) is 13.2 Å². The highest BCUT2D eigenvalue weighted by atomic mass is 16.8. The number of aliphatic hydroxyl groups is 1. The Bertz CT molecular complexity index is 1970. The Balaban J connectivity index is 1.15. The third-order valence-corrected chi connectivity index (χ3v) is 13.4. The monoisotopic (exact) mass is 887 g/mol. The molecule has 2 aromatic rings. The SMILES string of the molecule is CCCCCC1(CCCCC)O[C@@H]2[C@H](O1)[C@H]1ON(Cc3ccc(C=CCc4ccccc4O)cc3)[C@H]3C(=O)O[C@@H]2C[C@@]13C(=O)N1CCC[C@@H]1C(=O)N[C@H](CO)CCC(=O)OC(C)(C)C. The number of likely N-dealkylation sites (tertiary alicyclic amines) is 1. The molecule has 4 heterocycles. The van der Waals surface area contributed by atoms with Crippen molar-refractivity contribution >= 4 is 29.8 Å². The number of allylic oxidation sites excluding steroid dienone is 1. The predicted octanol–water partition coefficient (Wildman–Crippen LogP) is 6.68. The van der Waals surface area contributed by atoms with Crippen molar-refractivity contribution in [1.82, 2.24) is 15.3 Å². The largest absolute Gasteiger partial charge is 0.508 e. The van der Waals surface area contributed by atoms with Crippen molar-refractivity contribution in [3.63, 3.8) is 0 Å². The summed E-state index contributed by atoms with van der Waals surface area (Å²) >= 11 is 0. The number of hydrogen-bond donors (Lipinski definition) is 3. The van der Waals surface area contributed by atoms with Gasteiger partial charge in [0.2, 0.25) is 11.8 Å². The molecular formula is C50H69N3O11. The van der Waals surface area contributed by atoms with Gasteiger partial charge in [0.1, 0.15) is 47.2 Å². The van der Waals surface area contributed by atoms with Crippen molar-refractivity contribution in [3.8, 4) is 5.75 Å². The van der Waals surface area contributed by atoms with E-state index >= 15 is 4.79 Å². The molecule has 1 aliphatic carbocycles. The normalized spacial score (nSPS) is 27.7. The van der Waals surface area contributed by atoms with E-state index < -0.39 is 83.8 Å². The minimum absolute atomic E-state index is 0.00130. The number of phenols is 1. The van der Waals surface area contributed by atoms with Crippen molar-refractivity contribution in [2.45, 2.75) is 185 Å². The molecule has 64 heavy (non-hydrogen) atoms. The molecule has 350 valence electrons. The lowest BCUT2D eigenvalue weighted by Gasteiger charge is -2.50. The maximum Gasteiger partial charge on any atom is 0.327 e. The first-order valence-corrected chi connectivity index (χ1v) is 23.7. The van der Waals surface area contributed by atoms with Gasteiger partial charge in [-0.1, -0.05) is 94.1 Å². The molecule has 2 amide bonds. The molecule has 0 radical (unpaired) electrons. The Kier molecular flexibility index (Phi) is 15.2. The number of nitrogens with one attached hydrogen (secondary N) is 1.